The van der Waals surface area contributed by atoms with Crippen LogP contribution in [0.25, 0.3) is 0 Å². The summed E-state index contributed by atoms with van der Waals surface area (Å²) >= 11 is 2.29. The minimum Gasteiger partial charge on any atom is -0.375 e. The molecule has 26 heavy (non-hydrogen) atoms. The quantitative estimate of drug-likeness (QED) is 0.122. The first-order chi connectivity index (χ1) is 12.4. The molecule has 0 heterocycles. The molecule has 0 aliphatic carbocycles. The molecule has 158 valence electrons. The monoisotopic (exact) mass is 508 g/mol. The summed E-state index contributed by atoms with van der Waals surface area (Å²) in [5.41, 5.74) is 0. The number of alkyl halides is 1. The Kier molecular flexibility index (Phi) is 17.2. The van der Waals surface area contributed by atoms with Gasteiger partial charge < -0.3 is 24.0 Å². The van der Waals surface area contributed by atoms with Crippen LogP contribution in [0.5, 0.6) is 0 Å². The Morgan fingerprint density at radius 2 is 1.31 bits per heavy atom. The van der Waals surface area contributed by atoms with E-state index in [-0.39, 0.29) is 30.9 Å². The van der Waals surface area contributed by atoms with Gasteiger partial charge in [-0.1, -0.05) is 62.6 Å². The molecule has 0 aromatic carbocycles. The van der Waals surface area contributed by atoms with Crippen LogP contribution in [-0.4, -0.2) is 58.5 Å². The van der Waals surface area contributed by atoms with Gasteiger partial charge in [0, 0.05) is 24.2 Å². The fourth-order valence-electron chi connectivity index (χ4n) is 2.44. The summed E-state index contributed by atoms with van der Waals surface area (Å²) in [7, 11) is -4.07. The minimum atomic E-state index is -4.07. The molecule has 0 spiro atoms. The van der Waals surface area contributed by atoms with Crippen LogP contribution in [0.1, 0.15) is 65.7 Å². The maximum atomic E-state index is 11.4. The zero-order valence-corrected chi connectivity index (χ0v) is 19.6. The van der Waals surface area contributed by atoms with E-state index in [9.17, 15) is 14.4 Å². The zero-order valence-electron chi connectivity index (χ0n) is 16.6. The first-order valence-electron chi connectivity index (χ1n) is 9.84. The standard InChI is InChI=1S/C18H38IO6P/c1-4-7-11-23-16(10-14-26(20,21)22)18(25-13-9-6-3)17(15-19)24-12-8-5-2/h16-18H,4-15H2,1-3H3,(H2,20,21,22)/t16-,17-,18+/m1/s1. The zero-order chi connectivity index (χ0) is 19.8. The third-order valence-corrected chi connectivity index (χ3v) is 5.77. The van der Waals surface area contributed by atoms with E-state index in [4.69, 9.17) is 14.2 Å². The van der Waals surface area contributed by atoms with Crippen molar-refractivity contribution in [2.75, 3.05) is 30.4 Å². The second-order valence-corrected chi connectivity index (χ2v) is 9.20. The number of hydrogen-bond acceptors (Lipinski definition) is 4. The molecule has 0 radical (unpaired) electrons. The average molecular weight is 508 g/mol. The fraction of sp³-hybridized carbons (Fsp3) is 1.00. The van der Waals surface area contributed by atoms with E-state index < -0.39 is 7.60 Å². The molecular formula is C18H38IO6P. The van der Waals surface area contributed by atoms with Gasteiger partial charge in [-0.3, -0.25) is 4.57 Å². The van der Waals surface area contributed by atoms with E-state index in [0.29, 0.717) is 19.8 Å². The number of hydrogen-bond donors (Lipinski definition) is 2. The molecule has 0 aliphatic heterocycles. The third kappa shape index (κ3) is 13.9. The molecule has 3 atom stereocenters. The van der Waals surface area contributed by atoms with Crippen molar-refractivity contribution in [1.82, 2.24) is 0 Å². The highest BCUT2D eigenvalue weighted by Crippen LogP contribution is 2.36. The van der Waals surface area contributed by atoms with E-state index in [1.165, 1.54) is 0 Å². The summed E-state index contributed by atoms with van der Waals surface area (Å²) in [5.74, 6) is 0. The van der Waals surface area contributed by atoms with Crippen LogP contribution in [0.4, 0.5) is 0 Å². The first kappa shape index (κ1) is 26.8. The predicted molar refractivity (Wildman–Crippen MR) is 114 cm³/mol. The number of ether oxygens (including phenoxy) is 3. The molecule has 6 nitrogen and oxygen atoms in total. The van der Waals surface area contributed by atoms with Gasteiger partial charge in [-0.2, -0.15) is 0 Å². The van der Waals surface area contributed by atoms with Crippen molar-refractivity contribution < 1.29 is 28.6 Å². The largest absolute Gasteiger partial charge is 0.375 e. The van der Waals surface area contributed by atoms with Crippen molar-refractivity contribution in [3.05, 3.63) is 0 Å². The summed E-state index contributed by atoms with van der Waals surface area (Å²) in [6.45, 7) is 8.15. The molecule has 8 heteroatoms. The average Bonchev–Trinajstić information content (AvgIpc) is 2.59. The van der Waals surface area contributed by atoms with Crippen molar-refractivity contribution in [3.8, 4) is 0 Å². The van der Waals surface area contributed by atoms with E-state index in [1.54, 1.807) is 0 Å². The van der Waals surface area contributed by atoms with Crippen molar-refractivity contribution in [2.45, 2.75) is 84.0 Å². The van der Waals surface area contributed by atoms with Gasteiger partial charge in [-0.25, -0.2) is 0 Å². The van der Waals surface area contributed by atoms with E-state index in [2.05, 4.69) is 43.4 Å². The van der Waals surface area contributed by atoms with Crippen LogP contribution in [0.3, 0.4) is 0 Å². The van der Waals surface area contributed by atoms with Crippen LogP contribution < -0.4 is 0 Å². The Labute approximate surface area is 173 Å². The van der Waals surface area contributed by atoms with E-state index in [0.717, 1.165) is 43.0 Å². The van der Waals surface area contributed by atoms with E-state index >= 15 is 0 Å². The van der Waals surface area contributed by atoms with Gasteiger partial charge in [0.25, 0.3) is 0 Å². The lowest BCUT2D eigenvalue weighted by atomic mass is 10.1. The van der Waals surface area contributed by atoms with E-state index in [1.807, 2.05) is 0 Å². The normalized spacial score (nSPS) is 15.8. The van der Waals surface area contributed by atoms with Gasteiger partial charge >= 0.3 is 7.60 Å². The Bertz CT molecular complexity index is 366. The predicted octanol–water partition coefficient (Wildman–Crippen LogP) is 4.55. The summed E-state index contributed by atoms with van der Waals surface area (Å²) in [6.07, 6.45) is 5.21. The summed E-state index contributed by atoms with van der Waals surface area (Å²) in [4.78, 5) is 18.6. The summed E-state index contributed by atoms with van der Waals surface area (Å²) < 4.78 is 30.3. The number of unbranched alkanes of at least 4 members (excludes halogenated alkanes) is 3. The highest BCUT2D eigenvalue weighted by atomic mass is 127. The molecule has 0 aliphatic rings. The first-order valence-corrected chi connectivity index (χ1v) is 13.2. The second kappa shape index (κ2) is 16.7. The van der Waals surface area contributed by atoms with Crippen molar-refractivity contribution in [2.24, 2.45) is 0 Å². The van der Waals surface area contributed by atoms with Crippen LogP contribution in [0, 0.1) is 0 Å². The van der Waals surface area contributed by atoms with Gasteiger partial charge in [-0.05, 0) is 25.7 Å². The molecule has 0 saturated carbocycles. The molecule has 0 bridgehead atoms. The lowest BCUT2D eigenvalue weighted by Gasteiger charge is -2.33. The van der Waals surface area contributed by atoms with Gasteiger partial charge in [-0.15, -0.1) is 0 Å². The van der Waals surface area contributed by atoms with Gasteiger partial charge in [0.15, 0.2) is 0 Å². The molecular weight excluding hydrogens is 470 g/mol. The third-order valence-electron chi connectivity index (χ3n) is 4.06. The minimum absolute atomic E-state index is 0.137. The van der Waals surface area contributed by atoms with Crippen molar-refractivity contribution >= 4 is 30.2 Å². The topological polar surface area (TPSA) is 85.2 Å². The molecule has 0 fully saturated rings. The molecule has 0 amide bonds. The Hall–Kier alpha value is 0.760. The molecule has 0 aromatic rings. The maximum Gasteiger partial charge on any atom is 0.325 e. The van der Waals surface area contributed by atoms with Crippen LogP contribution in [-0.2, 0) is 18.8 Å². The smallest absolute Gasteiger partial charge is 0.325 e. The maximum absolute atomic E-state index is 11.4. The fourth-order valence-corrected chi connectivity index (χ4v) is 3.79. The number of halogens is 1. The van der Waals surface area contributed by atoms with Gasteiger partial charge in [0.2, 0.25) is 0 Å². The molecule has 0 rings (SSSR count). The number of rotatable bonds is 18. The highest BCUT2D eigenvalue weighted by Gasteiger charge is 2.33. The molecule has 2 N–H and O–H groups in total. The molecule has 0 aromatic heterocycles. The van der Waals surface area contributed by atoms with Crippen LogP contribution in [0.2, 0.25) is 0 Å². The molecule has 0 unspecified atom stereocenters. The highest BCUT2D eigenvalue weighted by molar-refractivity contribution is 14.1. The van der Waals surface area contributed by atoms with Crippen molar-refractivity contribution in [3.63, 3.8) is 0 Å². The Morgan fingerprint density at radius 3 is 1.73 bits per heavy atom. The Morgan fingerprint density at radius 1 is 0.846 bits per heavy atom. The van der Waals surface area contributed by atoms with Crippen LogP contribution in [0.15, 0.2) is 0 Å². The summed E-state index contributed by atoms with van der Waals surface area (Å²) in [5, 5.41) is 0. The lowest BCUT2D eigenvalue weighted by molar-refractivity contribution is -0.133. The van der Waals surface area contributed by atoms with Crippen LogP contribution >= 0.6 is 30.2 Å². The van der Waals surface area contributed by atoms with Crippen molar-refractivity contribution in [1.29, 1.82) is 0 Å². The lowest BCUT2D eigenvalue weighted by Crippen LogP contribution is -2.44. The Balaban J connectivity index is 5.11. The van der Waals surface area contributed by atoms with Gasteiger partial charge in [0.1, 0.15) is 6.10 Å². The SMILES string of the molecule is CCCCO[C@H]([C@@H](CI)OCCCC)[C@@H](CCP(=O)(O)O)OCCCC. The van der Waals surface area contributed by atoms with Gasteiger partial charge in [0.05, 0.1) is 18.4 Å². The molecule has 0 saturated heterocycles. The summed E-state index contributed by atoms with van der Waals surface area (Å²) in [6, 6.07) is 0. The second-order valence-electron chi connectivity index (χ2n) is 6.55.